The maximum Gasteiger partial charge on any atom is 0.282 e. The molecule has 0 saturated heterocycles. The smallest absolute Gasteiger partial charge is 0.282 e. The van der Waals surface area contributed by atoms with Gasteiger partial charge in [0, 0.05) is 17.8 Å². The molecule has 1 rings (SSSR count). The number of rotatable bonds is 4. The summed E-state index contributed by atoms with van der Waals surface area (Å²) in [6, 6.07) is 4.70. The Hall–Kier alpha value is -0.890. The van der Waals surface area contributed by atoms with Gasteiger partial charge in [-0.3, -0.25) is 10.1 Å². The van der Waals surface area contributed by atoms with Crippen molar-refractivity contribution in [2.45, 2.75) is 13.0 Å². The Balaban J connectivity index is 2.87. The number of nitro groups is 1. The fourth-order valence-electron chi connectivity index (χ4n) is 1.07. The third-order valence-electron chi connectivity index (χ3n) is 1.83. The van der Waals surface area contributed by atoms with E-state index in [1.165, 1.54) is 6.07 Å². The quantitative estimate of drug-likeness (QED) is 0.505. The van der Waals surface area contributed by atoms with Gasteiger partial charge < -0.3 is 10.4 Å². The van der Waals surface area contributed by atoms with Gasteiger partial charge in [-0.05, 0) is 41.6 Å². The van der Waals surface area contributed by atoms with Crippen LogP contribution in [0.2, 0.25) is 0 Å². The molecule has 2 N–H and O–H groups in total. The number of aliphatic hydroxyl groups excluding tert-OH is 1. The summed E-state index contributed by atoms with van der Waals surface area (Å²) >= 11 is 1.92. The number of halogens is 1. The minimum absolute atomic E-state index is 0.0214. The Morgan fingerprint density at radius 3 is 2.80 bits per heavy atom. The molecule has 0 saturated carbocycles. The molecule has 0 radical (unpaired) electrons. The van der Waals surface area contributed by atoms with Crippen LogP contribution in [0.15, 0.2) is 18.2 Å². The lowest BCUT2D eigenvalue weighted by Gasteiger charge is -2.12. The first-order chi connectivity index (χ1) is 7.04. The van der Waals surface area contributed by atoms with E-state index in [-0.39, 0.29) is 18.3 Å². The molecule has 1 aromatic carbocycles. The van der Waals surface area contributed by atoms with Crippen LogP contribution < -0.4 is 5.32 Å². The van der Waals surface area contributed by atoms with E-state index < -0.39 is 4.92 Å². The monoisotopic (exact) mass is 322 g/mol. The van der Waals surface area contributed by atoms with E-state index >= 15 is 0 Å². The molecule has 82 valence electrons. The summed E-state index contributed by atoms with van der Waals surface area (Å²) < 4.78 is 0.577. The molecule has 6 heteroatoms. The zero-order chi connectivity index (χ0) is 11.4. The van der Waals surface area contributed by atoms with Crippen LogP contribution in [0.5, 0.6) is 0 Å². The van der Waals surface area contributed by atoms with Crippen molar-refractivity contribution in [1.29, 1.82) is 0 Å². The number of hydrogen-bond donors (Lipinski definition) is 2. The van der Waals surface area contributed by atoms with Crippen molar-refractivity contribution >= 4 is 34.0 Å². The van der Waals surface area contributed by atoms with E-state index in [0.29, 0.717) is 3.57 Å². The van der Waals surface area contributed by atoms with E-state index in [2.05, 4.69) is 5.32 Å². The van der Waals surface area contributed by atoms with Crippen molar-refractivity contribution in [1.82, 2.24) is 0 Å². The Kier molecular flexibility index (Phi) is 4.28. The number of aliphatic hydroxyl groups is 1. The van der Waals surface area contributed by atoms with E-state index in [9.17, 15) is 10.1 Å². The molecular weight excluding hydrogens is 311 g/mol. The molecule has 1 unspecified atom stereocenters. The lowest BCUT2D eigenvalue weighted by Crippen LogP contribution is -2.19. The number of nitro benzene ring substituents is 1. The molecule has 1 atom stereocenters. The standard InChI is InChI=1S/C9H11IN2O3/c1-6(5-13)11-7-2-3-9(12(14)15)8(10)4-7/h2-4,6,11,13H,5H2,1H3. The van der Waals surface area contributed by atoms with E-state index in [1.54, 1.807) is 12.1 Å². The first-order valence-electron chi connectivity index (χ1n) is 4.36. The van der Waals surface area contributed by atoms with Crippen LogP contribution in [0, 0.1) is 13.7 Å². The Bertz CT molecular complexity index is 370. The summed E-state index contributed by atoms with van der Waals surface area (Å²) in [5, 5.41) is 22.4. The van der Waals surface area contributed by atoms with Gasteiger partial charge in [-0.1, -0.05) is 0 Å². The first kappa shape index (κ1) is 12.2. The maximum absolute atomic E-state index is 10.6. The molecule has 5 nitrogen and oxygen atoms in total. The normalized spacial score (nSPS) is 12.2. The molecule has 0 aliphatic carbocycles. The number of benzene rings is 1. The molecule has 0 aliphatic heterocycles. The van der Waals surface area contributed by atoms with Crippen molar-refractivity contribution in [3.63, 3.8) is 0 Å². The summed E-state index contributed by atoms with van der Waals surface area (Å²) in [7, 11) is 0. The zero-order valence-electron chi connectivity index (χ0n) is 8.11. The predicted octanol–water partition coefficient (Wildman–Crippen LogP) is 1.99. The number of hydrogen-bond acceptors (Lipinski definition) is 4. The number of nitrogens with zero attached hydrogens (tertiary/aromatic N) is 1. The molecule has 0 bridgehead atoms. The van der Waals surface area contributed by atoms with Crippen molar-refractivity contribution in [2.24, 2.45) is 0 Å². The lowest BCUT2D eigenvalue weighted by molar-refractivity contribution is -0.385. The van der Waals surface area contributed by atoms with Crippen LogP contribution in [-0.4, -0.2) is 22.7 Å². The van der Waals surface area contributed by atoms with Crippen LogP contribution in [0.1, 0.15) is 6.92 Å². The summed E-state index contributed by atoms with van der Waals surface area (Å²) in [4.78, 5) is 10.1. The molecule has 0 aromatic heterocycles. The van der Waals surface area contributed by atoms with Gasteiger partial charge in [0.05, 0.1) is 15.1 Å². The van der Waals surface area contributed by atoms with Crippen molar-refractivity contribution in [3.8, 4) is 0 Å². The first-order valence-corrected chi connectivity index (χ1v) is 5.44. The SMILES string of the molecule is CC(CO)Nc1ccc([N+](=O)[O-])c(I)c1. The summed E-state index contributed by atoms with van der Waals surface area (Å²) in [6.45, 7) is 1.85. The molecule has 0 spiro atoms. The average molecular weight is 322 g/mol. The largest absolute Gasteiger partial charge is 0.394 e. The van der Waals surface area contributed by atoms with Crippen LogP contribution >= 0.6 is 22.6 Å². The maximum atomic E-state index is 10.6. The molecular formula is C9H11IN2O3. The van der Waals surface area contributed by atoms with Gasteiger partial charge in [-0.2, -0.15) is 0 Å². The number of anilines is 1. The second kappa shape index (κ2) is 5.26. The third-order valence-corrected chi connectivity index (χ3v) is 2.70. The van der Waals surface area contributed by atoms with E-state index in [0.717, 1.165) is 5.69 Å². The summed E-state index contributed by atoms with van der Waals surface area (Å²) in [6.07, 6.45) is 0. The van der Waals surface area contributed by atoms with Crippen molar-refractivity contribution < 1.29 is 10.0 Å². The molecule has 1 aromatic rings. The second-order valence-corrected chi connectivity index (χ2v) is 4.31. The van der Waals surface area contributed by atoms with Crippen LogP contribution in [0.3, 0.4) is 0 Å². The molecule has 15 heavy (non-hydrogen) atoms. The van der Waals surface area contributed by atoms with Crippen LogP contribution in [-0.2, 0) is 0 Å². The van der Waals surface area contributed by atoms with Gasteiger partial charge in [0.1, 0.15) is 0 Å². The average Bonchev–Trinajstić information content (AvgIpc) is 2.17. The van der Waals surface area contributed by atoms with E-state index in [1.807, 2.05) is 29.5 Å². The highest BCUT2D eigenvalue weighted by molar-refractivity contribution is 14.1. The molecule has 0 amide bonds. The minimum atomic E-state index is -0.416. The lowest BCUT2D eigenvalue weighted by atomic mass is 10.2. The van der Waals surface area contributed by atoms with Crippen LogP contribution in [0.4, 0.5) is 11.4 Å². The Morgan fingerprint density at radius 2 is 2.33 bits per heavy atom. The van der Waals surface area contributed by atoms with Gasteiger partial charge in [0.15, 0.2) is 0 Å². The van der Waals surface area contributed by atoms with E-state index in [4.69, 9.17) is 5.11 Å². The number of nitrogens with one attached hydrogen (secondary N) is 1. The molecule has 0 heterocycles. The predicted molar refractivity (Wildman–Crippen MR) is 66.0 cm³/mol. The minimum Gasteiger partial charge on any atom is -0.394 e. The van der Waals surface area contributed by atoms with Crippen LogP contribution in [0.25, 0.3) is 0 Å². The zero-order valence-corrected chi connectivity index (χ0v) is 10.3. The topological polar surface area (TPSA) is 75.4 Å². The van der Waals surface area contributed by atoms with Gasteiger partial charge in [-0.15, -0.1) is 0 Å². The fourth-order valence-corrected chi connectivity index (χ4v) is 1.79. The Labute approximate surface area is 101 Å². The van der Waals surface area contributed by atoms with Gasteiger partial charge in [0.2, 0.25) is 0 Å². The van der Waals surface area contributed by atoms with Gasteiger partial charge in [-0.25, -0.2) is 0 Å². The highest BCUT2D eigenvalue weighted by atomic mass is 127. The Morgan fingerprint density at radius 1 is 1.67 bits per heavy atom. The van der Waals surface area contributed by atoms with Crippen molar-refractivity contribution in [2.75, 3.05) is 11.9 Å². The second-order valence-electron chi connectivity index (χ2n) is 3.15. The highest BCUT2D eigenvalue weighted by Crippen LogP contribution is 2.24. The summed E-state index contributed by atoms with van der Waals surface area (Å²) in [5.41, 5.74) is 0.865. The van der Waals surface area contributed by atoms with Gasteiger partial charge in [0.25, 0.3) is 5.69 Å². The van der Waals surface area contributed by atoms with Gasteiger partial charge >= 0.3 is 0 Å². The third kappa shape index (κ3) is 3.31. The van der Waals surface area contributed by atoms with Crippen molar-refractivity contribution in [3.05, 3.63) is 31.9 Å². The highest BCUT2D eigenvalue weighted by Gasteiger charge is 2.11. The summed E-state index contributed by atoms with van der Waals surface area (Å²) in [5.74, 6) is 0. The fraction of sp³-hybridized carbons (Fsp3) is 0.333. The molecule has 0 fully saturated rings. The molecule has 0 aliphatic rings.